The van der Waals surface area contributed by atoms with Crippen LogP contribution in [0.5, 0.6) is 0 Å². The summed E-state index contributed by atoms with van der Waals surface area (Å²) < 4.78 is 0. The lowest BCUT2D eigenvalue weighted by Crippen LogP contribution is -2.37. The number of carbonyl (C=O) groups excluding carboxylic acids is 1. The Kier molecular flexibility index (Phi) is 5.57. The number of hydrogen-bond acceptors (Lipinski definition) is 3. The molecule has 1 aromatic carbocycles. The molecule has 2 rings (SSSR count). The summed E-state index contributed by atoms with van der Waals surface area (Å²) >= 11 is 0. The van der Waals surface area contributed by atoms with Gasteiger partial charge in [0.2, 0.25) is 5.91 Å². The van der Waals surface area contributed by atoms with E-state index in [1.54, 1.807) is 12.1 Å². The van der Waals surface area contributed by atoms with E-state index in [1.165, 1.54) is 25.7 Å². The SMILES string of the molecule is N#Cc1ccc(CNC(=O)CN2CCCCCC2)cc1. The molecule has 0 unspecified atom stereocenters. The summed E-state index contributed by atoms with van der Waals surface area (Å²) in [5, 5.41) is 11.7. The molecule has 106 valence electrons. The summed E-state index contributed by atoms with van der Waals surface area (Å²) in [7, 11) is 0. The van der Waals surface area contributed by atoms with Gasteiger partial charge in [-0.1, -0.05) is 25.0 Å². The first-order valence-corrected chi connectivity index (χ1v) is 7.26. The smallest absolute Gasteiger partial charge is 0.234 e. The van der Waals surface area contributed by atoms with Crippen molar-refractivity contribution in [2.75, 3.05) is 19.6 Å². The van der Waals surface area contributed by atoms with Crippen molar-refractivity contribution < 1.29 is 4.79 Å². The fraction of sp³-hybridized carbons (Fsp3) is 0.500. The first-order valence-electron chi connectivity index (χ1n) is 7.26. The van der Waals surface area contributed by atoms with Crippen molar-refractivity contribution in [2.45, 2.75) is 32.2 Å². The minimum Gasteiger partial charge on any atom is -0.351 e. The van der Waals surface area contributed by atoms with Crippen LogP contribution in [0.4, 0.5) is 0 Å². The van der Waals surface area contributed by atoms with Crippen molar-refractivity contribution in [2.24, 2.45) is 0 Å². The first-order chi connectivity index (χ1) is 9.78. The summed E-state index contributed by atoms with van der Waals surface area (Å²) in [6.07, 6.45) is 4.96. The van der Waals surface area contributed by atoms with Crippen molar-refractivity contribution in [3.05, 3.63) is 35.4 Å². The van der Waals surface area contributed by atoms with Crippen LogP contribution in [0.15, 0.2) is 24.3 Å². The van der Waals surface area contributed by atoms with Gasteiger partial charge >= 0.3 is 0 Å². The Hall–Kier alpha value is -1.86. The quantitative estimate of drug-likeness (QED) is 0.912. The Morgan fingerprint density at radius 1 is 1.15 bits per heavy atom. The van der Waals surface area contributed by atoms with Crippen LogP contribution in [-0.2, 0) is 11.3 Å². The van der Waals surface area contributed by atoms with Gasteiger partial charge in [0, 0.05) is 6.54 Å². The van der Waals surface area contributed by atoms with Crippen LogP contribution in [-0.4, -0.2) is 30.4 Å². The van der Waals surface area contributed by atoms with E-state index in [-0.39, 0.29) is 5.91 Å². The Labute approximate surface area is 120 Å². The minimum atomic E-state index is 0.0799. The molecule has 0 atom stereocenters. The van der Waals surface area contributed by atoms with Crippen LogP contribution >= 0.6 is 0 Å². The number of nitrogens with one attached hydrogen (secondary N) is 1. The third kappa shape index (κ3) is 4.67. The Bertz CT molecular complexity index is 467. The third-order valence-corrected chi connectivity index (χ3v) is 3.64. The van der Waals surface area contributed by atoms with Gasteiger partial charge in [-0.25, -0.2) is 0 Å². The average molecular weight is 271 g/mol. The molecule has 1 saturated heterocycles. The molecule has 0 saturated carbocycles. The molecule has 4 heteroatoms. The molecule has 1 N–H and O–H groups in total. The molecule has 0 radical (unpaired) electrons. The number of nitrogens with zero attached hydrogens (tertiary/aromatic N) is 2. The molecule has 0 spiro atoms. The molecule has 1 aliphatic heterocycles. The third-order valence-electron chi connectivity index (χ3n) is 3.64. The molecule has 1 aromatic rings. The van der Waals surface area contributed by atoms with Gasteiger partial charge in [-0.15, -0.1) is 0 Å². The van der Waals surface area contributed by atoms with E-state index in [9.17, 15) is 4.79 Å². The maximum absolute atomic E-state index is 11.9. The zero-order chi connectivity index (χ0) is 14.2. The first kappa shape index (κ1) is 14.5. The summed E-state index contributed by atoms with van der Waals surface area (Å²) in [5.74, 6) is 0.0799. The molecule has 20 heavy (non-hydrogen) atoms. The van der Waals surface area contributed by atoms with E-state index in [0.717, 1.165) is 18.7 Å². The maximum atomic E-state index is 11.9. The molecule has 1 fully saturated rings. The van der Waals surface area contributed by atoms with E-state index in [4.69, 9.17) is 5.26 Å². The fourth-order valence-corrected chi connectivity index (χ4v) is 2.45. The average Bonchev–Trinajstić information content (AvgIpc) is 2.74. The molecule has 0 bridgehead atoms. The van der Waals surface area contributed by atoms with E-state index in [0.29, 0.717) is 18.7 Å². The summed E-state index contributed by atoms with van der Waals surface area (Å²) in [6, 6.07) is 9.39. The Balaban J connectivity index is 1.75. The number of carbonyl (C=O) groups is 1. The van der Waals surface area contributed by atoms with Gasteiger partial charge in [0.25, 0.3) is 0 Å². The van der Waals surface area contributed by atoms with Crippen molar-refractivity contribution >= 4 is 5.91 Å². The van der Waals surface area contributed by atoms with E-state index < -0.39 is 0 Å². The molecular formula is C16H21N3O. The summed E-state index contributed by atoms with van der Waals surface area (Å²) in [5.41, 5.74) is 1.66. The van der Waals surface area contributed by atoms with Gasteiger partial charge in [0.1, 0.15) is 0 Å². The predicted molar refractivity (Wildman–Crippen MR) is 77.9 cm³/mol. The topological polar surface area (TPSA) is 56.1 Å². The number of benzene rings is 1. The highest BCUT2D eigenvalue weighted by Gasteiger charge is 2.12. The van der Waals surface area contributed by atoms with Gasteiger partial charge in [-0.05, 0) is 43.6 Å². The standard InChI is InChI=1S/C16H21N3O/c17-11-14-5-7-15(8-6-14)12-18-16(20)13-19-9-3-1-2-4-10-19/h5-8H,1-4,9-10,12-13H2,(H,18,20). The van der Waals surface area contributed by atoms with Gasteiger partial charge < -0.3 is 5.32 Å². The van der Waals surface area contributed by atoms with Crippen LogP contribution < -0.4 is 5.32 Å². The lowest BCUT2D eigenvalue weighted by molar-refractivity contribution is -0.122. The van der Waals surface area contributed by atoms with Crippen LogP contribution in [0.25, 0.3) is 0 Å². The van der Waals surface area contributed by atoms with Crippen molar-refractivity contribution in [3.8, 4) is 6.07 Å². The highest BCUT2D eigenvalue weighted by atomic mass is 16.2. The van der Waals surface area contributed by atoms with Crippen LogP contribution in [0, 0.1) is 11.3 Å². The number of hydrogen-bond donors (Lipinski definition) is 1. The minimum absolute atomic E-state index is 0.0799. The van der Waals surface area contributed by atoms with Gasteiger partial charge in [-0.2, -0.15) is 5.26 Å². The van der Waals surface area contributed by atoms with Crippen molar-refractivity contribution in [1.82, 2.24) is 10.2 Å². The van der Waals surface area contributed by atoms with Crippen LogP contribution in [0.2, 0.25) is 0 Å². The van der Waals surface area contributed by atoms with E-state index >= 15 is 0 Å². The normalized spacial score (nSPS) is 16.1. The lowest BCUT2D eigenvalue weighted by atomic mass is 10.1. The second-order valence-electron chi connectivity index (χ2n) is 5.28. The molecule has 0 aromatic heterocycles. The van der Waals surface area contributed by atoms with Gasteiger partial charge in [0.15, 0.2) is 0 Å². The van der Waals surface area contributed by atoms with E-state index in [2.05, 4.69) is 16.3 Å². The Morgan fingerprint density at radius 3 is 2.40 bits per heavy atom. The number of nitriles is 1. The van der Waals surface area contributed by atoms with Crippen molar-refractivity contribution in [3.63, 3.8) is 0 Å². The summed E-state index contributed by atoms with van der Waals surface area (Å²) in [6.45, 7) is 3.09. The molecule has 1 aliphatic rings. The highest BCUT2D eigenvalue weighted by molar-refractivity contribution is 5.78. The number of rotatable bonds is 4. The Morgan fingerprint density at radius 2 is 1.80 bits per heavy atom. The number of amides is 1. The summed E-state index contributed by atoms with van der Waals surface area (Å²) in [4.78, 5) is 14.2. The molecule has 0 aliphatic carbocycles. The second kappa shape index (κ2) is 7.66. The monoisotopic (exact) mass is 271 g/mol. The maximum Gasteiger partial charge on any atom is 0.234 e. The van der Waals surface area contributed by atoms with Crippen LogP contribution in [0.3, 0.4) is 0 Å². The lowest BCUT2D eigenvalue weighted by Gasteiger charge is -2.18. The van der Waals surface area contributed by atoms with Crippen LogP contribution in [0.1, 0.15) is 36.8 Å². The highest BCUT2D eigenvalue weighted by Crippen LogP contribution is 2.09. The molecule has 1 amide bonds. The molecular weight excluding hydrogens is 250 g/mol. The zero-order valence-electron chi connectivity index (χ0n) is 11.8. The molecule has 1 heterocycles. The van der Waals surface area contributed by atoms with E-state index in [1.807, 2.05) is 12.1 Å². The zero-order valence-corrected chi connectivity index (χ0v) is 11.8. The van der Waals surface area contributed by atoms with Gasteiger partial charge in [-0.3, -0.25) is 9.69 Å². The second-order valence-corrected chi connectivity index (χ2v) is 5.28. The largest absolute Gasteiger partial charge is 0.351 e. The number of likely N-dealkylation sites (tertiary alicyclic amines) is 1. The van der Waals surface area contributed by atoms with Crippen molar-refractivity contribution in [1.29, 1.82) is 5.26 Å². The molecule has 4 nitrogen and oxygen atoms in total. The predicted octanol–water partition coefficient (Wildman–Crippen LogP) is 2.05. The fourth-order valence-electron chi connectivity index (χ4n) is 2.45. The van der Waals surface area contributed by atoms with Gasteiger partial charge in [0.05, 0.1) is 18.2 Å².